The van der Waals surface area contributed by atoms with Gasteiger partial charge in [-0.15, -0.1) is 0 Å². The summed E-state index contributed by atoms with van der Waals surface area (Å²) >= 11 is 0. The summed E-state index contributed by atoms with van der Waals surface area (Å²) in [6.45, 7) is 6.01. The van der Waals surface area contributed by atoms with Crippen molar-refractivity contribution in [2.45, 2.75) is 39.2 Å². The van der Waals surface area contributed by atoms with Crippen molar-refractivity contribution < 1.29 is 13.2 Å². The second-order valence-corrected chi connectivity index (χ2v) is 7.33. The molecule has 1 rings (SSSR count). The van der Waals surface area contributed by atoms with Crippen LogP contribution in [-0.4, -0.2) is 57.5 Å². The largest absolute Gasteiger partial charge is 0.357 e. The molecule has 0 aromatic heterocycles. The Hall–Kier alpha value is -1.31. The lowest BCUT2D eigenvalue weighted by Gasteiger charge is -2.13. The van der Waals surface area contributed by atoms with Crippen molar-refractivity contribution >= 4 is 21.7 Å². The molecule has 0 radical (unpaired) electrons. The summed E-state index contributed by atoms with van der Waals surface area (Å²) in [5, 5.41) is 8.96. The molecule has 0 aromatic carbocycles. The van der Waals surface area contributed by atoms with E-state index in [4.69, 9.17) is 0 Å². The molecule has 0 saturated carbocycles. The smallest absolute Gasteiger partial charge is 0.222 e. The van der Waals surface area contributed by atoms with Crippen LogP contribution in [0.3, 0.4) is 0 Å². The highest BCUT2D eigenvalue weighted by Gasteiger charge is 2.28. The second kappa shape index (κ2) is 8.86. The number of guanidine groups is 1. The van der Waals surface area contributed by atoms with E-state index in [0.717, 1.165) is 19.5 Å². The third-order valence-corrected chi connectivity index (χ3v) is 4.85. The molecule has 7 nitrogen and oxygen atoms in total. The second-order valence-electron chi connectivity index (χ2n) is 5.10. The molecular formula is C13H26N4O3S. The topological polar surface area (TPSA) is 99.7 Å². The monoisotopic (exact) mass is 318 g/mol. The molecule has 122 valence electrons. The Labute approximate surface area is 126 Å². The average molecular weight is 318 g/mol. The number of nitrogens with one attached hydrogen (secondary N) is 3. The summed E-state index contributed by atoms with van der Waals surface area (Å²) in [5.74, 6) is 0.809. The first-order chi connectivity index (χ1) is 9.96. The van der Waals surface area contributed by atoms with Crippen molar-refractivity contribution in [1.29, 1.82) is 0 Å². The summed E-state index contributed by atoms with van der Waals surface area (Å²) in [5.41, 5.74) is 0. The van der Waals surface area contributed by atoms with E-state index < -0.39 is 9.84 Å². The van der Waals surface area contributed by atoms with Gasteiger partial charge in [0, 0.05) is 32.1 Å². The summed E-state index contributed by atoms with van der Waals surface area (Å²) in [6, 6.07) is -0.232. The molecule has 0 aromatic rings. The molecule has 1 fully saturated rings. The van der Waals surface area contributed by atoms with Crippen LogP contribution in [0.5, 0.6) is 0 Å². The fourth-order valence-electron chi connectivity index (χ4n) is 2.07. The van der Waals surface area contributed by atoms with Gasteiger partial charge in [-0.3, -0.25) is 9.79 Å². The highest BCUT2D eigenvalue weighted by Crippen LogP contribution is 2.11. The molecule has 21 heavy (non-hydrogen) atoms. The zero-order valence-electron chi connectivity index (χ0n) is 12.8. The van der Waals surface area contributed by atoms with Gasteiger partial charge in [-0.25, -0.2) is 8.42 Å². The van der Waals surface area contributed by atoms with Crippen molar-refractivity contribution in [3.63, 3.8) is 0 Å². The normalized spacial score (nSPS) is 21.0. The van der Waals surface area contributed by atoms with Crippen LogP contribution < -0.4 is 16.0 Å². The number of rotatable bonds is 7. The average Bonchev–Trinajstić information content (AvgIpc) is 2.75. The quantitative estimate of drug-likeness (QED) is 0.440. The molecule has 0 spiro atoms. The first-order valence-electron chi connectivity index (χ1n) is 7.48. The standard InChI is InChI=1S/C13H26N4O3S/c1-3-7-15-13(14-4-2)16-8-5-12(18)17-11-6-9-21(19,20)10-11/h11H,3-10H2,1-2H3,(H,17,18)(H2,14,15,16). The first kappa shape index (κ1) is 17.7. The Balaban J connectivity index is 2.26. The van der Waals surface area contributed by atoms with E-state index in [1.807, 2.05) is 6.92 Å². The minimum Gasteiger partial charge on any atom is -0.357 e. The Morgan fingerprint density at radius 3 is 2.62 bits per heavy atom. The van der Waals surface area contributed by atoms with E-state index in [2.05, 4.69) is 27.9 Å². The summed E-state index contributed by atoms with van der Waals surface area (Å²) < 4.78 is 22.6. The molecular weight excluding hydrogens is 292 g/mol. The Morgan fingerprint density at radius 1 is 1.29 bits per heavy atom. The fraction of sp³-hybridized carbons (Fsp3) is 0.846. The van der Waals surface area contributed by atoms with Crippen LogP contribution in [0.25, 0.3) is 0 Å². The van der Waals surface area contributed by atoms with E-state index >= 15 is 0 Å². The molecule has 1 aliphatic rings. The fourth-order valence-corrected chi connectivity index (χ4v) is 3.74. The lowest BCUT2D eigenvalue weighted by atomic mass is 10.2. The van der Waals surface area contributed by atoms with Gasteiger partial charge in [0.15, 0.2) is 15.8 Å². The van der Waals surface area contributed by atoms with Gasteiger partial charge in [-0.1, -0.05) is 6.92 Å². The number of aliphatic imine (C=N–C) groups is 1. The molecule has 1 amide bonds. The molecule has 1 unspecified atom stereocenters. The number of nitrogens with zero attached hydrogens (tertiary/aromatic N) is 1. The molecule has 1 aliphatic heterocycles. The number of carbonyl (C=O) groups is 1. The number of amides is 1. The van der Waals surface area contributed by atoms with E-state index in [-0.39, 0.29) is 23.5 Å². The van der Waals surface area contributed by atoms with Gasteiger partial charge in [0.1, 0.15) is 0 Å². The van der Waals surface area contributed by atoms with Crippen molar-refractivity contribution in [3.05, 3.63) is 0 Å². The highest BCUT2D eigenvalue weighted by molar-refractivity contribution is 7.91. The predicted molar refractivity (Wildman–Crippen MR) is 84.1 cm³/mol. The summed E-state index contributed by atoms with van der Waals surface area (Å²) in [4.78, 5) is 16.1. The van der Waals surface area contributed by atoms with Crippen LogP contribution in [0.4, 0.5) is 0 Å². The van der Waals surface area contributed by atoms with Crippen LogP contribution >= 0.6 is 0 Å². The highest BCUT2D eigenvalue weighted by atomic mass is 32.2. The number of carbonyl (C=O) groups excluding carboxylic acids is 1. The van der Waals surface area contributed by atoms with Gasteiger partial charge < -0.3 is 16.0 Å². The molecule has 8 heteroatoms. The van der Waals surface area contributed by atoms with Gasteiger partial charge in [-0.05, 0) is 19.8 Å². The lowest BCUT2D eigenvalue weighted by Crippen LogP contribution is -2.41. The van der Waals surface area contributed by atoms with E-state index in [1.54, 1.807) is 0 Å². The molecule has 0 aliphatic carbocycles. The third-order valence-electron chi connectivity index (χ3n) is 3.08. The summed E-state index contributed by atoms with van der Waals surface area (Å²) in [6.07, 6.45) is 1.78. The van der Waals surface area contributed by atoms with Gasteiger partial charge in [-0.2, -0.15) is 0 Å². The minimum absolute atomic E-state index is 0.0623. The maximum Gasteiger partial charge on any atom is 0.222 e. The third kappa shape index (κ3) is 7.31. The van der Waals surface area contributed by atoms with Crippen molar-refractivity contribution in [2.75, 3.05) is 31.1 Å². The minimum atomic E-state index is -2.95. The molecule has 1 atom stereocenters. The van der Waals surface area contributed by atoms with Crippen molar-refractivity contribution in [3.8, 4) is 0 Å². The molecule has 3 N–H and O–H groups in total. The lowest BCUT2D eigenvalue weighted by molar-refractivity contribution is -0.121. The first-order valence-corrected chi connectivity index (χ1v) is 9.31. The van der Waals surface area contributed by atoms with Gasteiger partial charge >= 0.3 is 0 Å². The van der Waals surface area contributed by atoms with Gasteiger partial charge in [0.2, 0.25) is 5.91 Å². The van der Waals surface area contributed by atoms with E-state index in [1.165, 1.54) is 0 Å². The number of hydrogen-bond acceptors (Lipinski definition) is 4. The summed E-state index contributed by atoms with van der Waals surface area (Å²) in [7, 11) is -2.95. The van der Waals surface area contributed by atoms with E-state index in [9.17, 15) is 13.2 Å². The number of hydrogen-bond donors (Lipinski definition) is 3. The van der Waals surface area contributed by atoms with Gasteiger partial charge in [0.25, 0.3) is 0 Å². The maximum absolute atomic E-state index is 11.8. The molecule has 1 heterocycles. The number of sulfone groups is 1. The van der Waals surface area contributed by atoms with Crippen LogP contribution in [0.2, 0.25) is 0 Å². The van der Waals surface area contributed by atoms with Gasteiger partial charge in [0.05, 0.1) is 11.5 Å². The molecule has 1 saturated heterocycles. The Morgan fingerprint density at radius 2 is 2.05 bits per heavy atom. The van der Waals surface area contributed by atoms with Crippen molar-refractivity contribution in [1.82, 2.24) is 16.0 Å². The van der Waals surface area contributed by atoms with Crippen LogP contribution in [0.1, 0.15) is 33.1 Å². The van der Waals surface area contributed by atoms with Crippen molar-refractivity contribution in [2.24, 2.45) is 4.99 Å². The maximum atomic E-state index is 11.8. The van der Waals surface area contributed by atoms with Crippen LogP contribution in [-0.2, 0) is 14.6 Å². The predicted octanol–water partition coefficient (Wildman–Crippen LogP) is -0.355. The Kier molecular flexibility index (Phi) is 7.49. The van der Waals surface area contributed by atoms with Crippen LogP contribution in [0, 0.1) is 0 Å². The SMILES string of the molecule is CCCN=C(NCC)NCCC(=O)NC1CCS(=O)(=O)C1. The Bertz CT molecular complexity index is 462. The zero-order valence-corrected chi connectivity index (χ0v) is 13.6. The molecule has 0 bridgehead atoms. The van der Waals surface area contributed by atoms with Crippen LogP contribution in [0.15, 0.2) is 4.99 Å². The van der Waals surface area contributed by atoms with E-state index in [0.29, 0.717) is 25.3 Å². The zero-order chi connectivity index (χ0) is 15.7.